The highest BCUT2D eigenvalue weighted by Gasteiger charge is 2.10. The van der Waals surface area contributed by atoms with Gasteiger partial charge in [-0.15, -0.1) is 11.8 Å². The van der Waals surface area contributed by atoms with E-state index in [-0.39, 0.29) is 11.8 Å². The molecule has 0 radical (unpaired) electrons. The molecule has 1 heterocycles. The molecule has 0 saturated carbocycles. The molecule has 0 aliphatic carbocycles. The Bertz CT molecular complexity index is 624. The number of nitrogens with zero attached hydrogens (tertiary/aromatic N) is 1. The van der Waals surface area contributed by atoms with Gasteiger partial charge in [-0.25, -0.2) is 0 Å². The zero-order chi connectivity index (χ0) is 15.9. The minimum Gasteiger partial charge on any atom is -0.341 e. The molecule has 4 nitrogen and oxygen atoms in total. The van der Waals surface area contributed by atoms with E-state index in [0.29, 0.717) is 12.3 Å². The molecule has 6 heteroatoms. The van der Waals surface area contributed by atoms with Crippen LogP contribution < -0.4 is 5.32 Å². The number of hydrogen-bond acceptors (Lipinski definition) is 4. The predicted octanol–water partition coefficient (Wildman–Crippen LogP) is 3.46. The van der Waals surface area contributed by atoms with Crippen molar-refractivity contribution in [1.29, 1.82) is 0 Å². The fourth-order valence-corrected chi connectivity index (χ4v) is 3.34. The van der Waals surface area contributed by atoms with Gasteiger partial charge in [0.25, 0.3) is 0 Å². The monoisotopic (exact) mass is 334 g/mol. The summed E-state index contributed by atoms with van der Waals surface area (Å²) in [6.07, 6.45) is 0. The maximum absolute atomic E-state index is 12.1. The van der Waals surface area contributed by atoms with Crippen molar-refractivity contribution in [3.05, 3.63) is 46.7 Å². The molecule has 1 aromatic heterocycles. The fraction of sp³-hybridized carbons (Fsp3) is 0.250. The summed E-state index contributed by atoms with van der Waals surface area (Å²) in [6.45, 7) is 2.12. The number of amides is 2. The number of thiophene rings is 1. The summed E-state index contributed by atoms with van der Waals surface area (Å²) in [5.74, 6) is 0.410. The van der Waals surface area contributed by atoms with Gasteiger partial charge < -0.3 is 10.2 Å². The van der Waals surface area contributed by atoms with Gasteiger partial charge in [0.1, 0.15) is 0 Å². The molecule has 0 unspecified atom stereocenters. The van der Waals surface area contributed by atoms with Gasteiger partial charge in [-0.1, -0.05) is 0 Å². The van der Waals surface area contributed by atoms with Crippen LogP contribution in [0.3, 0.4) is 0 Å². The van der Waals surface area contributed by atoms with Crippen molar-refractivity contribution < 1.29 is 9.59 Å². The third-order valence-electron chi connectivity index (χ3n) is 2.96. The van der Waals surface area contributed by atoms with Crippen molar-refractivity contribution in [1.82, 2.24) is 4.90 Å². The van der Waals surface area contributed by atoms with Gasteiger partial charge in [0.15, 0.2) is 0 Å². The summed E-state index contributed by atoms with van der Waals surface area (Å²) in [6, 6.07) is 9.51. The smallest absolute Gasteiger partial charge is 0.232 e. The highest BCUT2D eigenvalue weighted by molar-refractivity contribution is 8.00. The van der Waals surface area contributed by atoms with Gasteiger partial charge in [0, 0.05) is 31.1 Å². The van der Waals surface area contributed by atoms with Crippen LogP contribution in [-0.2, 0) is 16.1 Å². The topological polar surface area (TPSA) is 49.4 Å². The maximum atomic E-state index is 12.1. The number of rotatable bonds is 6. The second-order valence-corrected chi connectivity index (χ2v) is 6.70. The summed E-state index contributed by atoms with van der Waals surface area (Å²) in [4.78, 5) is 25.8. The van der Waals surface area contributed by atoms with Gasteiger partial charge in [-0.05, 0) is 46.7 Å². The molecule has 1 N–H and O–H groups in total. The van der Waals surface area contributed by atoms with Gasteiger partial charge in [0.05, 0.1) is 5.75 Å². The molecule has 0 fully saturated rings. The fourth-order valence-electron chi connectivity index (χ4n) is 1.84. The van der Waals surface area contributed by atoms with E-state index in [1.54, 1.807) is 16.2 Å². The summed E-state index contributed by atoms with van der Waals surface area (Å²) >= 11 is 3.13. The number of benzene rings is 1. The Kier molecular flexibility index (Phi) is 6.03. The van der Waals surface area contributed by atoms with E-state index in [1.807, 2.05) is 42.8 Å². The molecule has 0 saturated heterocycles. The molecule has 0 aliphatic rings. The standard InChI is InChI=1S/C16H18N2O2S2/c1-12(19)17-14-3-5-15(6-4-14)22-11-16(20)18(2)9-13-7-8-21-10-13/h3-8,10H,9,11H2,1-2H3,(H,17,19). The molecule has 22 heavy (non-hydrogen) atoms. The first-order valence-electron chi connectivity index (χ1n) is 6.80. The van der Waals surface area contributed by atoms with Crippen molar-refractivity contribution in [2.75, 3.05) is 18.1 Å². The lowest BCUT2D eigenvalue weighted by Crippen LogP contribution is -2.27. The van der Waals surface area contributed by atoms with Gasteiger partial charge >= 0.3 is 0 Å². The van der Waals surface area contributed by atoms with Gasteiger partial charge in [-0.2, -0.15) is 11.3 Å². The average molecular weight is 334 g/mol. The first-order valence-corrected chi connectivity index (χ1v) is 8.73. The quantitative estimate of drug-likeness (QED) is 0.823. The molecule has 116 valence electrons. The van der Waals surface area contributed by atoms with Crippen LogP contribution in [0.1, 0.15) is 12.5 Å². The maximum Gasteiger partial charge on any atom is 0.232 e. The van der Waals surface area contributed by atoms with E-state index in [0.717, 1.165) is 16.1 Å². The van der Waals surface area contributed by atoms with Crippen molar-refractivity contribution in [3.63, 3.8) is 0 Å². The Balaban J connectivity index is 1.81. The molecular formula is C16H18N2O2S2. The van der Waals surface area contributed by atoms with E-state index in [9.17, 15) is 9.59 Å². The zero-order valence-corrected chi connectivity index (χ0v) is 14.2. The second kappa shape index (κ2) is 8.00. The Labute approximate surface area is 138 Å². The zero-order valence-electron chi connectivity index (χ0n) is 12.5. The largest absolute Gasteiger partial charge is 0.341 e. The number of carbonyl (C=O) groups is 2. The first-order chi connectivity index (χ1) is 10.5. The Hall–Kier alpha value is -1.79. The number of nitrogens with one attached hydrogen (secondary N) is 1. The van der Waals surface area contributed by atoms with Crippen LogP contribution in [0.15, 0.2) is 46.0 Å². The summed E-state index contributed by atoms with van der Waals surface area (Å²) in [5, 5.41) is 6.78. The molecule has 0 atom stereocenters. The van der Waals surface area contributed by atoms with Crippen LogP contribution in [-0.4, -0.2) is 29.5 Å². The lowest BCUT2D eigenvalue weighted by Gasteiger charge is -2.16. The van der Waals surface area contributed by atoms with Crippen LogP contribution >= 0.6 is 23.1 Å². The molecule has 1 aromatic carbocycles. The molecule has 2 aromatic rings. The van der Waals surface area contributed by atoms with E-state index in [1.165, 1.54) is 18.7 Å². The molecule has 0 bridgehead atoms. The van der Waals surface area contributed by atoms with Crippen molar-refractivity contribution in [2.24, 2.45) is 0 Å². The van der Waals surface area contributed by atoms with Crippen LogP contribution in [0.4, 0.5) is 5.69 Å². The van der Waals surface area contributed by atoms with E-state index in [2.05, 4.69) is 10.7 Å². The van der Waals surface area contributed by atoms with Crippen molar-refractivity contribution >= 4 is 40.6 Å². The highest BCUT2D eigenvalue weighted by Crippen LogP contribution is 2.21. The van der Waals surface area contributed by atoms with E-state index < -0.39 is 0 Å². The highest BCUT2D eigenvalue weighted by atomic mass is 32.2. The third kappa shape index (κ3) is 5.20. The summed E-state index contributed by atoms with van der Waals surface area (Å²) in [7, 11) is 1.82. The minimum absolute atomic E-state index is 0.0920. The first kappa shape index (κ1) is 16.6. The van der Waals surface area contributed by atoms with E-state index in [4.69, 9.17) is 0 Å². The number of hydrogen-bond donors (Lipinski definition) is 1. The second-order valence-electron chi connectivity index (χ2n) is 4.88. The molecule has 2 amide bonds. The number of carbonyl (C=O) groups excluding carboxylic acids is 2. The molecule has 0 spiro atoms. The predicted molar refractivity (Wildman–Crippen MR) is 92.3 cm³/mol. The van der Waals surface area contributed by atoms with E-state index >= 15 is 0 Å². The molecular weight excluding hydrogens is 316 g/mol. The lowest BCUT2D eigenvalue weighted by atomic mass is 10.3. The normalized spacial score (nSPS) is 10.3. The van der Waals surface area contributed by atoms with Crippen LogP contribution in [0, 0.1) is 0 Å². The van der Waals surface area contributed by atoms with Crippen molar-refractivity contribution in [3.8, 4) is 0 Å². The van der Waals surface area contributed by atoms with Crippen LogP contribution in [0.25, 0.3) is 0 Å². The molecule has 0 aliphatic heterocycles. The minimum atomic E-state index is -0.0920. The Morgan fingerprint density at radius 1 is 1.23 bits per heavy atom. The summed E-state index contributed by atoms with van der Waals surface area (Å²) < 4.78 is 0. The Morgan fingerprint density at radius 2 is 1.95 bits per heavy atom. The van der Waals surface area contributed by atoms with Crippen molar-refractivity contribution in [2.45, 2.75) is 18.4 Å². The number of thioether (sulfide) groups is 1. The average Bonchev–Trinajstić information content (AvgIpc) is 2.98. The lowest BCUT2D eigenvalue weighted by molar-refractivity contribution is -0.127. The number of anilines is 1. The van der Waals surface area contributed by atoms with Crippen LogP contribution in [0.2, 0.25) is 0 Å². The summed E-state index contributed by atoms with van der Waals surface area (Å²) in [5.41, 5.74) is 1.92. The van der Waals surface area contributed by atoms with Gasteiger partial charge in [-0.3, -0.25) is 9.59 Å². The Morgan fingerprint density at radius 3 is 2.55 bits per heavy atom. The molecule has 2 rings (SSSR count). The van der Waals surface area contributed by atoms with Crippen LogP contribution in [0.5, 0.6) is 0 Å². The SMILES string of the molecule is CC(=O)Nc1ccc(SCC(=O)N(C)Cc2ccsc2)cc1. The third-order valence-corrected chi connectivity index (χ3v) is 4.69. The van der Waals surface area contributed by atoms with Gasteiger partial charge in [0.2, 0.25) is 11.8 Å².